The number of esters is 1. The van der Waals surface area contributed by atoms with Gasteiger partial charge in [-0.1, -0.05) is 62.1 Å². The largest absolute Gasteiger partial charge is 1.00 e. The van der Waals surface area contributed by atoms with Gasteiger partial charge in [-0.05, 0) is 36.6 Å². The fourth-order valence-corrected chi connectivity index (χ4v) is 3.45. The molecule has 0 unspecified atom stereocenters. The lowest BCUT2D eigenvalue weighted by Crippen LogP contribution is -3.00. The lowest BCUT2D eigenvalue weighted by atomic mass is 10.1. The van der Waals surface area contributed by atoms with Crippen LogP contribution in [0.2, 0.25) is 0 Å². The van der Waals surface area contributed by atoms with Gasteiger partial charge in [-0.25, -0.2) is 9.36 Å². The van der Waals surface area contributed by atoms with Crippen molar-refractivity contribution in [3.8, 4) is 11.5 Å². The van der Waals surface area contributed by atoms with Gasteiger partial charge in [-0.2, -0.15) is 0 Å². The minimum atomic E-state index is -0.252. The molecule has 182 valence electrons. The number of hydrogen-bond acceptors (Lipinski definition) is 4. The highest BCUT2D eigenvalue weighted by atomic mass is 127. The van der Waals surface area contributed by atoms with Crippen LogP contribution in [-0.2, 0) is 18.4 Å². The van der Waals surface area contributed by atoms with Crippen molar-refractivity contribution in [3.05, 3.63) is 90.3 Å². The Morgan fingerprint density at radius 1 is 0.765 bits per heavy atom. The molecule has 3 rings (SSSR count). The van der Waals surface area contributed by atoms with Gasteiger partial charge in [0.15, 0.2) is 12.4 Å². The van der Waals surface area contributed by atoms with Crippen molar-refractivity contribution in [1.29, 1.82) is 0 Å². The zero-order valence-electron chi connectivity index (χ0n) is 19.8. The Hall–Kier alpha value is -2.61. The van der Waals surface area contributed by atoms with Crippen LogP contribution in [0.15, 0.2) is 79.1 Å². The van der Waals surface area contributed by atoms with E-state index < -0.39 is 0 Å². The van der Waals surface area contributed by atoms with E-state index >= 15 is 0 Å². The number of benzene rings is 2. The Kier molecular flexibility index (Phi) is 13.1. The maximum atomic E-state index is 12.0. The number of aromatic nitrogens is 1. The van der Waals surface area contributed by atoms with Crippen molar-refractivity contribution < 1.29 is 47.5 Å². The van der Waals surface area contributed by atoms with E-state index in [-0.39, 0.29) is 29.9 Å². The number of rotatable bonds is 14. The first-order valence-corrected chi connectivity index (χ1v) is 11.7. The van der Waals surface area contributed by atoms with E-state index in [1.54, 1.807) is 12.3 Å². The molecule has 6 heteroatoms. The summed E-state index contributed by atoms with van der Waals surface area (Å²) >= 11 is 0. The third-order valence-corrected chi connectivity index (χ3v) is 5.27. The normalized spacial score (nSPS) is 10.3. The second-order valence-electron chi connectivity index (χ2n) is 8.11. The van der Waals surface area contributed by atoms with Gasteiger partial charge in [-0.3, -0.25) is 0 Å². The molecule has 2 aromatic carbocycles. The van der Waals surface area contributed by atoms with Crippen LogP contribution in [0, 0.1) is 0 Å². The Morgan fingerprint density at radius 2 is 1.44 bits per heavy atom. The van der Waals surface area contributed by atoms with Gasteiger partial charge in [0.2, 0.25) is 0 Å². The summed E-state index contributed by atoms with van der Waals surface area (Å²) in [5, 5.41) is 0. The number of halogens is 1. The van der Waals surface area contributed by atoms with Gasteiger partial charge in [-0.15, -0.1) is 0 Å². The van der Waals surface area contributed by atoms with Crippen LogP contribution in [0.5, 0.6) is 11.5 Å². The summed E-state index contributed by atoms with van der Waals surface area (Å²) in [5.41, 5.74) is 1.74. The number of carbonyl (C=O) groups is 1. The molecule has 0 atom stereocenters. The Morgan fingerprint density at radius 3 is 2.18 bits per heavy atom. The maximum Gasteiger partial charge on any atom is 0.344 e. The van der Waals surface area contributed by atoms with Gasteiger partial charge < -0.3 is 38.2 Å². The fraction of sp³-hybridized carbons (Fsp3) is 0.357. The summed E-state index contributed by atoms with van der Waals surface area (Å²) in [4.78, 5) is 12.0. The van der Waals surface area contributed by atoms with Crippen LogP contribution in [0.1, 0.15) is 54.4 Å². The van der Waals surface area contributed by atoms with Crippen molar-refractivity contribution in [2.24, 2.45) is 7.05 Å². The van der Waals surface area contributed by atoms with Crippen molar-refractivity contribution >= 4 is 5.97 Å². The van der Waals surface area contributed by atoms with Crippen LogP contribution in [-0.4, -0.2) is 19.2 Å². The molecule has 1 heterocycles. The van der Waals surface area contributed by atoms with Gasteiger partial charge >= 0.3 is 5.97 Å². The molecule has 0 saturated heterocycles. The molecule has 0 amide bonds. The van der Waals surface area contributed by atoms with E-state index in [1.165, 1.54) is 0 Å². The molecule has 3 aromatic rings. The topological polar surface area (TPSA) is 48.6 Å². The quantitative estimate of drug-likeness (QED) is 0.129. The Labute approximate surface area is 220 Å². The number of aryl methyl sites for hydroxylation is 1. The number of carbonyl (C=O) groups excluding carboxylic acids is 1. The molecule has 34 heavy (non-hydrogen) atoms. The van der Waals surface area contributed by atoms with Gasteiger partial charge in [0, 0.05) is 12.1 Å². The first-order chi connectivity index (χ1) is 16.2. The van der Waals surface area contributed by atoms with E-state index in [2.05, 4.69) is 12.1 Å². The summed E-state index contributed by atoms with van der Waals surface area (Å²) in [6.45, 7) is 1.73. The van der Waals surface area contributed by atoms with Crippen LogP contribution >= 0.6 is 0 Å². The highest BCUT2D eigenvalue weighted by Crippen LogP contribution is 2.21. The van der Waals surface area contributed by atoms with Gasteiger partial charge in [0.25, 0.3) is 0 Å². The highest BCUT2D eigenvalue weighted by Gasteiger charge is 2.10. The van der Waals surface area contributed by atoms with Crippen LogP contribution < -0.4 is 38.0 Å². The Bertz CT molecular complexity index is 981. The van der Waals surface area contributed by atoms with E-state index in [4.69, 9.17) is 14.2 Å². The molecule has 0 fully saturated rings. The summed E-state index contributed by atoms with van der Waals surface area (Å²) < 4.78 is 18.9. The van der Waals surface area contributed by atoms with Crippen molar-refractivity contribution in [2.75, 3.05) is 13.2 Å². The number of hydrogen-bond donors (Lipinski definition) is 0. The van der Waals surface area contributed by atoms with Crippen molar-refractivity contribution in [2.45, 2.75) is 45.1 Å². The SMILES string of the molecule is C[n+]1cccc(C(=O)OCCCCCCCCOc2cccc(OCc3ccccc3)c2)c1.[I-]. The number of unbranched alkanes of at least 4 members (excludes halogenated alkanes) is 5. The average molecular weight is 575 g/mol. The smallest absolute Gasteiger partial charge is 0.344 e. The van der Waals surface area contributed by atoms with Gasteiger partial charge in [0.1, 0.15) is 30.7 Å². The second kappa shape index (κ2) is 16.1. The summed E-state index contributed by atoms with van der Waals surface area (Å²) in [6.07, 6.45) is 10.1. The summed E-state index contributed by atoms with van der Waals surface area (Å²) in [6, 6.07) is 21.6. The Balaban J connectivity index is 0.00000408. The van der Waals surface area contributed by atoms with E-state index in [0.29, 0.717) is 25.4 Å². The zero-order valence-corrected chi connectivity index (χ0v) is 22.0. The van der Waals surface area contributed by atoms with Crippen molar-refractivity contribution in [1.82, 2.24) is 0 Å². The molecule has 0 bridgehead atoms. The predicted molar refractivity (Wildman–Crippen MR) is 128 cm³/mol. The molecule has 5 nitrogen and oxygen atoms in total. The van der Waals surface area contributed by atoms with Crippen LogP contribution in [0.25, 0.3) is 0 Å². The van der Waals surface area contributed by atoms with E-state index in [0.717, 1.165) is 55.6 Å². The molecule has 0 N–H and O–H groups in total. The van der Waals surface area contributed by atoms with E-state index in [9.17, 15) is 4.79 Å². The van der Waals surface area contributed by atoms with Gasteiger partial charge in [0.05, 0.1) is 13.2 Å². The minimum Gasteiger partial charge on any atom is -1.00 e. The molecular formula is C28H34INO4. The average Bonchev–Trinajstić information content (AvgIpc) is 2.84. The summed E-state index contributed by atoms with van der Waals surface area (Å²) in [7, 11) is 1.89. The third-order valence-electron chi connectivity index (χ3n) is 5.27. The molecule has 0 aliphatic heterocycles. The lowest BCUT2D eigenvalue weighted by Gasteiger charge is -2.10. The molecule has 0 radical (unpaired) electrons. The van der Waals surface area contributed by atoms with Crippen molar-refractivity contribution in [3.63, 3.8) is 0 Å². The number of nitrogens with zero attached hydrogens (tertiary/aromatic N) is 1. The monoisotopic (exact) mass is 575 g/mol. The van der Waals surface area contributed by atoms with Crippen LogP contribution in [0.3, 0.4) is 0 Å². The number of pyridine rings is 1. The first-order valence-electron chi connectivity index (χ1n) is 11.7. The van der Waals surface area contributed by atoms with E-state index in [1.807, 2.05) is 66.3 Å². The second-order valence-corrected chi connectivity index (χ2v) is 8.11. The lowest BCUT2D eigenvalue weighted by molar-refractivity contribution is -0.671. The fourth-order valence-electron chi connectivity index (χ4n) is 3.45. The molecule has 1 aromatic heterocycles. The molecule has 0 saturated carbocycles. The molecule has 0 aliphatic rings. The van der Waals surface area contributed by atoms with Crippen LogP contribution in [0.4, 0.5) is 0 Å². The third kappa shape index (κ3) is 10.5. The molecule has 0 spiro atoms. The zero-order chi connectivity index (χ0) is 23.1. The number of ether oxygens (including phenoxy) is 3. The molecular weight excluding hydrogens is 541 g/mol. The predicted octanol–water partition coefficient (Wildman–Crippen LogP) is 2.67. The summed E-state index contributed by atoms with van der Waals surface area (Å²) in [5.74, 6) is 1.41. The highest BCUT2D eigenvalue weighted by molar-refractivity contribution is 5.88. The maximum absolute atomic E-state index is 12.0. The molecule has 0 aliphatic carbocycles. The minimum absolute atomic E-state index is 0. The first kappa shape index (κ1) is 27.6. The standard InChI is InChI=1S/C28H34NO4.HI/c1-29-18-12-15-25(22-29)28(30)32-20-10-5-3-2-4-9-19-31-26-16-11-17-27(21-26)33-23-24-13-7-6-8-14-24;/h6-8,11-18,21-22H,2-5,9-10,19-20,23H2,1H3;1H/q+1;/p-1.